The quantitative estimate of drug-likeness (QED) is 0.782. The van der Waals surface area contributed by atoms with Crippen LogP contribution in [0.15, 0.2) is 54.6 Å². The Kier molecular flexibility index (Phi) is 5.23. The van der Waals surface area contributed by atoms with E-state index in [0.29, 0.717) is 18.1 Å². The van der Waals surface area contributed by atoms with E-state index in [-0.39, 0.29) is 0 Å². The van der Waals surface area contributed by atoms with Crippen molar-refractivity contribution < 1.29 is 0 Å². The molecule has 0 saturated carbocycles. The molecule has 2 unspecified atom stereocenters. The third-order valence-corrected chi connectivity index (χ3v) is 5.96. The van der Waals surface area contributed by atoms with E-state index >= 15 is 0 Å². The van der Waals surface area contributed by atoms with E-state index in [1.54, 1.807) is 0 Å². The van der Waals surface area contributed by atoms with Gasteiger partial charge in [-0.2, -0.15) is 0 Å². The molecule has 0 spiro atoms. The fourth-order valence-corrected chi connectivity index (χ4v) is 4.72. The van der Waals surface area contributed by atoms with Gasteiger partial charge in [-0.15, -0.1) is 0 Å². The number of hydrogen-bond donors (Lipinski definition) is 2. The first-order valence-corrected chi connectivity index (χ1v) is 10.0. The number of nitrogens with zero attached hydrogens (tertiary/aromatic N) is 1. The van der Waals surface area contributed by atoms with Crippen molar-refractivity contribution in [2.45, 2.75) is 57.3 Å². The van der Waals surface area contributed by atoms with Gasteiger partial charge in [-0.3, -0.25) is 4.90 Å². The van der Waals surface area contributed by atoms with Gasteiger partial charge < -0.3 is 10.6 Å². The zero-order chi connectivity index (χ0) is 17.9. The van der Waals surface area contributed by atoms with Crippen LogP contribution in [0.4, 0.5) is 5.69 Å². The average molecular weight is 366 g/mol. The molecule has 2 aromatic rings. The van der Waals surface area contributed by atoms with Crippen LogP contribution < -0.4 is 10.6 Å². The maximum atomic E-state index is 5.55. The summed E-state index contributed by atoms with van der Waals surface area (Å²) in [5, 5.41) is 7.63. The summed E-state index contributed by atoms with van der Waals surface area (Å²) in [4.78, 5) is 2.71. The molecule has 2 heterocycles. The summed E-state index contributed by atoms with van der Waals surface area (Å²) in [6, 6.07) is 21.0. The van der Waals surface area contributed by atoms with Crippen molar-refractivity contribution in [3.05, 3.63) is 65.7 Å². The molecule has 2 bridgehead atoms. The average Bonchev–Trinajstić information content (AvgIpc) is 2.87. The van der Waals surface area contributed by atoms with E-state index in [4.69, 9.17) is 12.2 Å². The Bertz CT molecular complexity index is 730. The van der Waals surface area contributed by atoms with Crippen molar-refractivity contribution in [1.82, 2.24) is 10.2 Å². The van der Waals surface area contributed by atoms with Crippen LogP contribution >= 0.6 is 12.2 Å². The lowest BCUT2D eigenvalue weighted by atomic mass is 9.96. The largest absolute Gasteiger partial charge is 0.360 e. The predicted molar refractivity (Wildman–Crippen MR) is 112 cm³/mol. The lowest BCUT2D eigenvalue weighted by molar-refractivity contribution is 0.115. The highest BCUT2D eigenvalue weighted by Gasteiger charge is 2.40. The lowest BCUT2D eigenvalue weighted by Crippen LogP contribution is -2.50. The maximum absolute atomic E-state index is 5.55. The summed E-state index contributed by atoms with van der Waals surface area (Å²) < 4.78 is 0. The molecule has 0 aromatic heterocycles. The first-order chi connectivity index (χ1) is 12.7. The van der Waals surface area contributed by atoms with E-state index in [1.165, 1.54) is 36.8 Å². The van der Waals surface area contributed by atoms with Crippen molar-refractivity contribution in [1.29, 1.82) is 0 Å². The summed E-state index contributed by atoms with van der Waals surface area (Å²) >= 11 is 5.55. The van der Waals surface area contributed by atoms with Gasteiger partial charge in [-0.05, 0) is 62.5 Å². The molecular weight excluding hydrogens is 338 g/mol. The second kappa shape index (κ2) is 7.77. The molecule has 3 nitrogen and oxygen atoms in total. The summed E-state index contributed by atoms with van der Waals surface area (Å²) in [5.41, 5.74) is 3.74. The second-order valence-corrected chi connectivity index (χ2v) is 8.08. The number of nitrogens with one attached hydrogen (secondary N) is 2. The number of fused-ring (bicyclic) bond motifs is 2. The summed E-state index contributed by atoms with van der Waals surface area (Å²) in [6.07, 6.45) is 4.99. The summed E-state index contributed by atoms with van der Waals surface area (Å²) in [6.45, 7) is 3.17. The minimum atomic E-state index is 0.477. The molecule has 0 amide bonds. The Morgan fingerprint density at radius 1 is 1.00 bits per heavy atom. The Morgan fingerprint density at radius 2 is 1.65 bits per heavy atom. The van der Waals surface area contributed by atoms with Crippen molar-refractivity contribution in [2.75, 3.05) is 5.32 Å². The zero-order valence-corrected chi connectivity index (χ0v) is 16.1. The highest BCUT2D eigenvalue weighted by Crippen LogP contribution is 2.36. The van der Waals surface area contributed by atoms with Gasteiger partial charge in [0.2, 0.25) is 0 Å². The Hall–Kier alpha value is -1.91. The molecule has 0 radical (unpaired) electrons. The molecule has 136 valence electrons. The van der Waals surface area contributed by atoms with Crippen molar-refractivity contribution in [3.63, 3.8) is 0 Å². The number of hydrogen-bond acceptors (Lipinski definition) is 2. The molecule has 2 fully saturated rings. The molecule has 4 heteroatoms. The van der Waals surface area contributed by atoms with Crippen LogP contribution in [0.5, 0.6) is 0 Å². The minimum Gasteiger partial charge on any atom is -0.360 e. The van der Waals surface area contributed by atoms with Crippen LogP contribution in [0.25, 0.3) is 0 Å². The maximum Gasteiger partial charge on any atom is 0.170 e. The van der Waals surface area contributed by atoms with Crippen molar-refractivity contribution in [3.8, 4) is 0 Å². The smallest absolute Gasteiger partial charge is 0.170 e. The Morgan fingerprint density at radius 3 is 2.31 bits per heavy atom. The predicted octanol–water partition coefficient (Wildman–Crippen LogP) is 4.48. The third kappa shape index (κ3) is 4.08. The fourth-order valence-electron chi connectivity index (χ4n) is 4.43. The van der Waals surface area contributed by atoms with Crippen LogP contribution in [0.3, 0.4) is 0 Å². The van der Waals surface area contributed by atoms with Gasteiger partial charge in [0.05, 0.1) is 0 Å². The second-order valence-electron chi connectivity index (χ2n) is 7.68. The normalized spacial score (nSPS) is 25.0. The van der Waals surface area contributed by atoms with E-state index in [0.717, 1.165) is 17.3 Å². The molecule has 2 aromatic carbocycles. The van der Waals surface area contributed by atoms with Crippen LogP contribution in [0.2, 0.25) is 0 Å². The van der Waals surface area contributed by atoms with Gasteiger partial charge in [-0.1, -0.05) is 48.0 Å². The topological polar surface area (TPSA) is 27.3 Å². The molecule has 2 atom stereocenters. The van der Waals surface area contributed by atoms with Crippen LogP contribution in [-0.4, -0.2) is 28.1 Å². The Labute approximate surface area is 161 Å². The number of rotatable bonds is 4. The molecule has 0 aliphatic carbocycles. The van der Waals surface area contributed by atoms with Crippen LogP contribution in [-0.2, 0) is 6.54 Å². The first kappa shape index (κ1) is 17.5. The van der Waals surface area contributed by atoms with Gasteiger partial charge in [0.1, 0.15) is 0 Å². The number of thiocarbonyl (C=S) groups is 1. The van der Waals surface area contributed by atoms with E-state index in [1.807, 2.05) is 0 Å². The van der Waals surface area contributed by atoms with E-state index in [9.17, 15) is 0 Å². The standard InChI is InChI=1S/C22H27N3S/c1-16-7-9-18(10-8-16)23-22(26)24-19-13-20-11-12-21(14-19)25(20)15-17-5-3-2-4-6-17/h2-10,19-21H,11-15H2,1H3,(H2,23,24,26). The van der Waals surface area contributed by atoms with Gasteiger partial charge in [0.15, 0.2) is 5.11 Å². The van der Waals surface area contributed by atoms with Crippen molar-refractivity contribution >= 4 is 23.0 Å². The molecule has 2 N–H and O–H groups in total. The number of aryl methyl sites for hydroxylation is 1. The third-order valence-electron chi connectivity index (χ3n) is 5.74. The van der Waals surface area contributed by atoms with Crippen LogP contribution in [0.1, 0.15) is 36.8 Å². The van der Waals surface area contributed by atoms with Gasteiger partial charge in [0, 0.05) is 30.4 Å². The number of anilines is 1. The number of benzene rings is 2. The summed E-state index contributed by atoms with van der Waals surface area (Å²) in [7, 11) is 0. The highest BCUT2D eigenvalue weighted by atomic mass is 32.1. The van der Waals surface area contributed by atoms with Crippen molar-refractivity contribution in [2.24, 2.45) is 0 Å². The highest BCUT2D eigenvalue weighted by molar-refractivity contribution is 7.80. The minimum absolute atomic E-state index is 0.477. The molecule has 2 aliphatic heterocycles. The molecule has 2 aliphatic rings. The van der Waals surface area contributed by atoms with Gasteiger partial charge in [-0.25, -0.2) is 0 Å². The van der Waals surface area contributed by atoms with Gasteiger partial charge in [0.25, 0.3) is 0 Å². The molecule has 4 rings (SSSR count). The zero-order valence-electron chi connectivity index (χ0n) is 15.3. The molecular formula is C22H27N3S. The SMILES string of the molecule is Cc1ccc(NC(=S)NC2CC3CCC(C2)N3Cc2ccccc2)cc1. The monoisotopic (exact) mass is 365 g/mol. The molecule has 26 heavy (non-hydrogen) atoms. The van der Waals surface area contributed by atoms with Gasteiger partial charge >= 0.3 is 0 Å². The van der Waals surface area contributed by atoms with Crippen LogP contribution in [0, 0.1) is 6.92 Å². The first-order valence-electron chi connectivity index (χ1n) is 9.61. The molecule has 2 saturated heterocycles. The summed E-state index contributed by atoms with van der Waals surface area (Å²) in [5.74, 6) is 0. The van der Waals surface area contributed by atoms with E-state index < -0.39 is 0 Å². The Balaban J connectivity index is 1.32. The van der Waals surface area contributed by atoms with E-state index in [2.05, 4.69) is 77.1 Å². The lowest BCUT2D eigenvalue weighted by Gasteiger charge is -2.39. The number of piperidine rings is 1. The fraction of sp³-hybridized carbons (Fsp3) is 0.409.